The molecule has 110 valence electrons. The van der Waals surface area contributed by atoms with Gasteiger partial charge in [0.15, 0.2) is 0 Å². The number of nitro benzene ring substituents is 1. The molecule has 0 aromatic heterocycles. The zero-order chi connectivity index (χ0) is 15.6. The van der Waals surface area contributed by atoms with Crippen molar-refractivity contribution in [3.63, 3.8) is 0 Å². The van der Waals surface area contributed by atoms with E-state index in [2.05, 4.69) is 21.2 Å². The van der Waals surface area contributed by atoms with E-state index < -0.39 is 4.92 Å². The molecule has 2 aromatic rings. The molecule has 0 aliphatic rings. The highest BCUT2D eigenvalue weighted by molar-refractivity contribution is 9.10. The minimum atomic E-state index is -0.407. The Kier molecular flexibility index (Phi) is 4.57. The maximum Gasteiger partial charge on any atom is 0.292 e. The lowest BCUT2D eigenvalue weighted by atomic mass is 10.1. The monoisotopic (exact) mass is 352 g/mol. The van der Waals surface area contributed by atoms with E-state index in [1.807, 2.05) is 13.8 Å². The normalized spacial score (nSPS) is 10.5. The molecule has 21 heavy (non-hydrogen) atoms. The number of halogens is 2. The molecule has 0 saturated heterocycles. The average Bonchev–Trinajstić information content (AvgIpc) is 2.43. The molecule has 0 fully saturated rings. The van der Waals surface area contributed by atoms with E-state index in [-0.39, 0.29) is 11.5 Å². The van der Waals surface area contributed by atoms with Crippen LogP contribution in [0, 0.1) is 29.8 Å². The van der Waals surface area contributed by atoms with Gasteiger partial charge in [0, 0.05) is 12.6 Å². The molecule has 0 bridgehead atoms. The molecule has 4 nitrogen and oxygen atoms in total. The van der Waals surface area contributed by atoms with Crippen molar-refractivity contribution in [2.45, 2.75) is 20.4 Å². The van der Waals surface area contributed by atoms with Gasteiger partial charge in [-0.25, -0.2) is 4.39 Å². The summed E-state index contributed by atoms with van der Waals surface area (Å²) in [6.07, 6.45) is 0. The second kappa shape index (κ2) is 6.22. The molecular weight excluding hydrogens is 339 g/mol. The Morgan fingerprint density at radius 2 is 1.90 bits per heavy atom. The molecule has 0 spiro atoms. The van der Waals surface area contributed by atoms with E-state index in [1.165, 1.54) is 6.07 Å². The van der Waals surface area contributed by atoms with Crippen LogP contribution in [0.4, 0.5) is 15.8 Å². The van der Waals surface area contributed by atoms with Crippen LogP contribution in [0.25, 0.3) is 0 Å². The fourth-order valence-electron chi connectivity index (χ4n) is 1.94. The second-order valence-electron chi connectivity index (χ2n) is 4.81. The summed E-state index contributed by atoms with van der Waals surface area (Å²) in [5, 5.41) is 14.1. The molecule has 0 unspecified atom stereocenters. The van der Waals surface area contributed by atoms with Crippen molar-refractivity contribution in [2.24, 2.45) is 0 Å². The molecule has 0 heterocycles. The first-order valence-electron chi connectivity index (χ1n) is 6.32. The van der Waals surface area contributed by atoms with Crippen molar-refractivity contribution < 1.29 is 9.31 Å². The number of anilines is 1. The molecular formula is C15H14BrFN2O2. The lowest BCUT2D eigenvalue weighted by Crippen LogP contribution is -2.04. The van der Waals surface area contributed by atoms with Gasteiger partial charge in [0.05, 0.1) is 9.40 Å². The summed E-state index contributed by atoms with van der Waals surface area (Å²) < 4.78 is 13.5. The number of nitrogens with one attached hydrogen (secondary N) is 1. The molecule has 1 N–H and O–H groups in total. The van der Waals surface area contributed by atoms with Crippen LogP contribution in [-0.4, -0.2) is 4.92 Å². The van der Waals surface area contributed by atoms with Gasteiger partial charge in [0.2, 0.25) is 0 Å². The third kappa shape index (κ3) is 3.58. The van der Waals surface area contributed by atoms with Crippen molar-refractivity contribution in [3.8, 4) is 0 Å². The number of rotatable bonds is 4. The smallest absolute Gasteiger partial charge is 0.292 e. The molecule has 0 atom stereocenters. The molecule has 2 aromatic carbocycles. The Morgan fingerprint density at radius 3 is 2.52 bits per heavy atom. The molecule has 0 aliphatic heterocycles. The number of nitrogens with zero attached hydrogens (tertiary/aromatic N) is 1. The standard InChI is InChI=1S/C15H14BrFN2O2/c1-9-5-14(15(19(20)21)6-10(9)2)18-8-11-3-4-13(17)12(16)7-11/h3-7,18H,8H2,1-2H3. The van der Waals surface area contributed by atoms with Gasteiger partial charge in [0.1, 0.15) is 11.5 Å². The summed E-state index contributed by atoms with van der Waals surface area (Å²) in [5.74, 6) is -0.337. The van der Waals surface area contributed by atoms with Gasteiger partial charge in [0.25, 0.3) is 5.69 Å². The Balaban J connectivity index is 2.24. The molecule has 0 saturated carbocycles. The van der Waals surface area contributed by atoms with Crippen molar-refractivity contribution in [1.29, 1.82) is 0 Å². The van der Waals surface area contributed by atoms with Crippen LogP contribution < -0.4 is 5.32 Å². The first-order valence-corrected chi connectivity index (χ1v) is 7.11. The van der Waals surface area contributed by atoms with E-state index >= 15 is 0 Å². The predicted octanol–water partition coefficient (Wildman–Crippen LogP) is 4.73. The Bertz CT molecular complexity index is 704. The average molecular weight is 353 g/mol. The highest BCUT2D eigenvalue weighted by Crippen LogP contribution is 2.28. The molecule has 6 heteroatoms. The lowest BCUT2D eigenvalue weighted by Gasteiger charge is -2.10. The number of nitro groups is 1. The Hall–Kier alpha value is -1.95. The van der Waals surface area contributed by atoms with Crippen LogP contribution in [0.1, 0.15) is 16.7 Å². The SMILES string of the molecule is Cc1cc(NCc2ccc(F)c(Br)c2)c([N+](=O)[O-])cc1C. The zero-order valence-corrected chi connectivity index (χ0v) is 13.2. The van der Waals surface area contributed by atoms with Crippen LogP contribution in [0.2, 0.25) is 0 Å². The summed E-state index contributed by atoms with van der Waals surface area (Å²) in [4.78, 5) is 10.7. The van der Waals surface area contributed by atoms with Gasteiger partial charge in [-0.2, -0.15) is 0 Å². The van der Waals surface area contributed by atoms with Crippen molar-refractivity contribution in [1.82, 2.24) is 0 Å². The minimum absolute atomic E-state index is 0.0410. The quantitative estimate of drug-likeness (QED) is 0.639. The summed E-state index contributed by atoms with van der Waals surface area (Å²) in [7, 11) is 0. The number of benzene rings is 2. The van der Waals surface area contributed by atoms with Crippen molar-refractivity contribution in [3.05, 3.63) is 67.4 Å². The van der Waals surface area contributed by atoms with E-state index in [0.29, 0.717) is 16.7 Å². The van der Waals surface area contributed by atoms with Crippen molar-refractivity contribution >= 4 is 27.3 Å². The topological polar surface area (TPSA) is 55.2 Å². The van der Waals surface area contributed by atoms with Crippen LogP contribution in [0.5, 0.6) is 0 Å². The van der Waals surface area contributed by atoms with Gasteiger partial charge in [-0.05, 0) is 64.7 Å². The number of aryl methyl sites for hydroxylation is 2. The molecule has 2 rings (SSSR count). The van der Waals surface area contributed by atoms with Crippen LogP contribution in [0.3, 0.4) is 0 Å². The van der Waals surface area contributed by atoms with E-state index in [9.17, 15) is 14.5 Å². The third-order valence-electron chi connectivity index (χ3n) is 3.28. The van der Waals surface area contributed by atoms with E-state index in [4.69, 9.17) is 0 Å². The minimum Gasteiger partial charge on any atom is -0.375 e. The molecule has 0 radical (unpaired) electrons. The first kappa shape index (κ1) is 15.4. The van der Waals surface area contributed by atoms with Crippen LogP contribution in [0.15, 0.2) is 34.8 Å². The summed E-state index contributed by atoms with van der Waals surface area (Å²) in [6.45, 7) is 4.12. The highest BCUT2D eigenvalue weighted by atomic mass is 79.9. The maximum atomic E-state index is 13.2. The predicted molar refractivity (Wildman–Crippen MR) is 84.0 cm³/mol. The zero-order valence-electron chi connectivity index (χ0n) is 11.6. The van der Waals surface area contributed by atoms with Gasteiger partial charge in [-0.15, -0.1) is 0 Å². The largest absolute Gasteiger partial charge is 0.375 e. The molecule has 0 aliphatic carbocycles. The summed E-state index contributed by atoms with van der Waals surface area (Å²) in [5.41, 5.74) is 3.18. The fraction of sp³-hybridized carbons (Fsp3) is 0.200. The lowest BCUT2D eigenvalue weighted by molar-refractivity contribution is -0.384. The summed E-state index contributed by atoms with van der Waals surface area (Å²) >= 11 is 3.12. The highest BCUT2D eigenvalue weighted by Gasteiger charge is 2.15. The second-order valence-corrected chi connectivity index (χ2v) is 5.67. The summed E-state index contributed by atoms with van der Waals surface area (Å²) in [6, 6.07) is 7.95. The first-order chi connectivity index (χ1) is 9.88. The molecule has 0 amide bonds. The van der Waals surface area contributed by atoms with Crippen LogP contribution >= 0.6 is 15.9 Å². The van der Waals surface area contributed by atoms with E-state index in [1.54, 1.807) is 24.3 Å². The number of hydrogen-bond acceptors (Lipinski definition) is 3. The Labute approximate surface area is 130 Å². The third-order valence-corrected chi connectivity index (χ3v) is 3.88. The van der Waals surface area contributed by atoms with Crippen molar-refractivity contribution in [2.75, 3.05) is 5.32 Å². The van der Waals surface area contributed by atoms with Gasteiger partial charge < -0.3 is 5.32 Å². The van der Waals surface area contributed by atoms with E-state index in [0.717, 1.165) is 16.7 Å². The maximum absolute atomic E-state index is 13.2. The van der Waals surface area contributed by atoms with Crippen LogP contribution in [-0.2, 0) is 6.54 Å². The Morgan fingerprint density at radius 1 is 1.24 bits per heavy atom. The van der Waals surface area contributed by atoms with Gasteiger partial charge in [-0.1, -0.05) is 6.07 Å². The number of hydrogen-bond donors (Lipinski definition) is 1. The van der Waals surface area contributed by atoms with Gasteiger partial charge in [-0.3, -0.25) is 10.1 Å². The fourth-order valence-corrected chi connectivity index (χ4v) is 2.37. The van der Waals surface area contributed by atoms with Gasteiger partial charge >= 0.3 is 0 Å².